The smallest absolute Gasteiger partial charge is 0.251 e. The third kappa shape index (κ3) is 4.08. The number of rotatable bonds is 5. The van der Waals surface area contributed by atoms with Crippen LogP contribution in [0, 0.1) is 13.8 Å². The largest absolute Gasteiger partial charge is 0.389 e. The zero-order valence-electron chi connectivity index (χ0n) is 10.8. The number of nitrogens with one attached hydrogen (secondary N) is 1. The Morgan fingerprint density at radius 1 is 1.44 bits per heavy atom. The molecule has 0 spiro atoms. The van der Waals surface area contributed by atoms with Gasteiger partial charge in [0.15, 0.2) is 0 Å². The summed E-state index contributed by atoms with van der Waals surface area (Å²) in [5.41, 5.74) is 2.52. The van der Waals surface area contributed by atoms with Crippen LogP contribution in [0.4, 0.5) is 0 Å². The zero-order chi connectivity index (χ0) is 13.7. The third-order valence-corrected chi connectivity index (χ3v) is 3.46. The first-order valence-corrected chi connectivity index (χ1v) is 6.47. The van der Waals surface area contributed by atoms with Crippen LogP contribution in [0.5, 0.6) is 0 Å². The number of aliphatic hydroxyl groups excluding tert-OH is 1. The lowest BCUT2D eigenvalue weighted by Crippen LogP contribution is -2.34. The normalized spacial score (nSPS) is 12.3. The zero-order valence-corrected chi connectivity index (χ0v) is 12.4. The second kappa shape index (κ2) is 6.87. The average Bonchev–Trinajstić information content (AvgIpc) is 2.31. The van der Waals surface area contributed by atoms with Crippen molar-refractivity contribution >= 4 is 21.8 Å². The van der Waals surface area contributed by atoms with Crippen LogP contribution in [0.15, 0.2) is 16.6 Å². The molecule has 1 aromatic rings. The molecule has 0 fully saturated rings. The van der Waals surface area contributed by atoms with E-state index in [1.807, 2.05) is 26.0 Å². The Bertz CT molecular complexity index is 434. The van der Waals surface area contributed by atoms with Crippen LogP contribution >= 0.6 is 15.9 Å². The molecule has 0 radical (unpaired) electrons. The number of halogens is 1. The van der Waals surface area contributed by atoms with Crippen molar-refractivity contribution < 1.29 is 14.6 Å². The summed E-state index contributed by atoms with van der Waals surface area (Å²) in [5, 5.41) is 12.2. The second-order valence-electron chi connectivity index (χ2n) is 4.24. The van der Waals surface area contributed by atoms with Crippen molar-refractivity contribution in [2.75, 3.05) is 20.3 Å². The van der Waals surface area contributed by atoms with Gasteiger partial charge in [-0.15, -0.1) is 0 Å². The van der Waals surface area contributed by atoms with E-state index in [-0.39, 0.29) is 19.1 Å². The molecule has 2 N–H and O–H groups in total. The molecule has 0 bridgehead atoms. The van der Waals surface area contributed by atoms with E-state index >= 15 is 0 Å². The molecular formula is C13H18BrNO3. The molecule has 0 saturated heterocycles. The predicted octanol–water partition coefficient (Wildman–Crippen LogP) is 1.80. The van der Waals surface area contributed by atoms with Gasteiger partial charge in [0.2, 0.25) is 0 Å². The number of amides is 1. The molecule has 0 aliphatic heterocycles. The molecule has 1 amide bonds. The Balaban J connectivity index is 2.70. The fourth-order valence-electron chi connectivity index (χ4n) is 1.58. The van der Waals surface area contributed by atoms with E-state index in [1.54, 1.807) is 0 Å². The number of hydrogen-bond donors (Lipinski definition) is 2. The lowest BCUT2D eigenvalue weighted by molar-refractivity contribution is 0.0609. The van der Waals surface area contributed by atoms with Crippen LogP contribution in [-0.2, 0) is 4.74 Å². The lowest BCUT2D eigenvalue weighted by atomic mass is 10.1. The van der Waals surface area contributed by atoms with Gasteiger partial charge in [0.25, 0.3) is 5.91 Å². The number of aryl methyl sites for hydroxylation is 2. The van der Waals surface area contributed by atoms with E-state index in [0.29, 0.717) is 5.56 Å². The van der Waals surface area contributed by atoms with E-state index in [9.17, 15) is 9.90 Å². The summed E-state index contributed by atoms with van der Waals surface area (Å²) < 4.78 is 5.78. The number of aliphatic hydroxyl groups is 1. The van der Waals surface area contributed by atoms with Crippen molar-refractivity contribution in [1.82, 2.24) is 5.32 Å². The molecule has 0 aliphatic rings. The molecule has 0 aromatic heterocycles. The molecule has 5 heteroatoms. The van der Waals surface area contributed by atoms with Gasteiger partial charge in [0.05, 0.1) is 12.7 Å². The van der Waals surface area contributed by atoms with E-state index in [2.05, 4.69) is 21.2 Å². The van der Waals surface area contributed by atoms with Gasteiger partial charge in [-0.2, -0.15) is 0 Å². The van der Waals surface area contributed by atoms with Crippen LogP contribution in [0.3, 0.4) is 0 Å². The van der Waals surface area contributed by atoms with Gasteiger partial charge < -0.3 is 15.2 Å². The van der Waals surface area contributed by atoms with Crippen LogP contribution in [0.2, 0.25) is 0 Å². The van der Waals surface area contributed by atoms with Gasteiger partial charge in [-0.05, 0) is 37.1 Å². The molecular weight excluding hydrogens is 298 g/mol. The summed E-state index contributed by atoms with van der Waals surface area (Å²) in [5.74, 6) is -0.182. The van der Waals surface area contributed by atoms with Crippen LogP contribution in [-0.4, -0.2) is 37.4 Å². The molecule has 0 unspecified atom stereocenters. The van der Waals surface area contributed by atoms with Crippen molar-refractivity contribution in [3.05, 3.63) is 33.3 Å². The summed E-state index contributed by atoms with van der Waals surface area (Å²) in [4.78, 5) is 12.0. The molecule has 0 saturated carbocycles. The topological polar surface area (TPSA) is 58.6 Å². The maximum atomic E-state index is 12.0. The van der Waals surface area contributed by atoms with Crippen LogP contribution in [0.25, 0.3) is 0 Å². The summed E-state index contributed by atoms with van der Waals surface area (Å²) in [7, 11) is 1.51. The first-order valence-electron chi connectivity index (χ1n) is 5.67. The third-order valence-electron chi connectivity index (χ3n) is 2.61. The van der Waals surface area contributed by atoms with E-state index in [0.717, 1.165) is 15.6 Å². The summed E-state index contributed by atoms with van der Waals surface area (Å²) in [6, 6.07) is 3.74. The van der Waals surface area contributed by atoms with E-state index in [4.69, 9.17) is 4.74 Å². The molecule has 0 heterocycles. The highest BCUT2D eigenvalue weighted by atomic mass is 79.9. The summed E-state index contributed by atoms with van der Waals surface area (Å²) in [6.45, 7) is 4.20. The monoisotopic (exact) mass is 315 g/mol. The van der Waals surface area contributed by atoms with Crippen LogP contribution < -0.4 is 5.32 Å². The van der Waals surface area contributed by atoms with Crippen LogP contribution in [0.1, 0.15) is 21.5 Å². The van der Waals surface area contributed by atoms with Gasteiger partial charge in [0.1, 0.15) is 0 Å². The molecule has 4 nitrogen and oxygen atoms in total. The molecule has 0 aliphatic carbocycles. The Kier molecular flexibility index (Phi) is 5.78. The summed E-state index contributed by atoms with van der Waals surface area (Å²) >= 11 is 3.42. The Morgan fingerprint density at radius 3 is 2.72 bits per heavy atom. The van der Waals surface area contributed by atoms with Crippen molar-refractivity contribution in [3.63, 3.8) is 0 Å². The molecule has 1 atom stereocenters. The van der Waals surface area contributed by atoms with Gasteiger partial charge >= 0.3 is 0 Å². The minimum Gasteiger partial charge on any atom is -0.389 e. The van der Waals surface area contributed by atoms with E-state index < -0.39 is 6.10 Å². The fraction of sp³-hybridized carbons (Fsp3) is 0.462. The average molecular weight is 316 g/mol. The molecule has 18 heavy (non-hydrogen) atoms. The van der Waals surface area contributed by atoms with Gasteiger partial charge in [-0.1, -0.05) is 15.9 Å². The highest BCUT2D eigenvalue weighted by Gasteiger charge is 2.12. The number of benzene rings is 1. The number of hydrogen-bond acceptors (Lipinski definition) is 3. The van der Waals surface area contributed by atoms with Gasteiger partial charge in [-0.25, -0.2) is 0 Å². The Hall–Kier alpha value is -0.910. The lowest BCUT2D eigenvalue weighted by Gasteiger charge is -2.13. The minimum atomic E-state index is -0.684. The first kappa shape index (κ1) is 15.1. The van der Waals surface area contributed by atoms with Crippen molar-refractivity contribution in [2.24, 2.45) is 0 Å². The first-order chi connectivity index (χ1) is 8.45. The van der Waals surface area contributed by atoms with Crippen molar-refractivity contribution in [1.29, 1.82) is 0 Å². The predicted molar refractivity (Wildman–Crippen MR) is 73.8 cm³/mol. The minimum absolute atomic E-state index is 0.182. The van der Waals surface area contributed by atoms with Crippen molar-refractivity contribution in [3.8, 4) is 0 Å². The van der Waals surface area contributed by atoms with Gasteiger partial charge in [0, 0.05) is 23.7 Å². The highest BCUT2D eigenvalue weighted by molar-refractivity contribution is 9.10. The molecule has 100 valence electrons. The van der Waals surface area contributed by atoms with Crippen molar-refractivity contribution in [2.45, 2.75) is 20.0 Å². The summed E-state index contributed by atoms with van der Waals surface area (Å²) in [6.07, 6.45) is -0.684. The number of ether oxygens (including phenoxy) is 1. The SMILES string of the molecule is COC[C@@H](O)CNC(=O)c1cc(C)c(Br)cc1C. The highest BCUT2D eigenvalue weighted by Crippen LogP contribution is 2.20. The second-order valence-corrected chi connectivity index (χ2v) is 5.09. The Labute approximate surface area is 115 Å². The standard InChI is InChI=1S/C13H18BrNO3/c1-8-5-12(14)9(2)4-11(8)13(17)15-6-10(16)7-18-3/h4-5,10,16H,6-7H2,1-3H3,(H,15,17)/t10-/m0/s1. The maximum absolute atomic E-state index is 12.0. The maximum Gasteiger partial charge on any atom is 0.251 e. The quantitative estimate of drug-likeness (QED) is 0.871. The van der Waals surface area contributed by atoms with E-state index in [1.165, 1.54) is 7.11 Å². The fourth-order valence-corrected chi connectivity index (χ4v) is 2.04. The number of carbonyl (C=O) groups excluding carboxylic acids is 1. The Morgan fingerprint density at radius 2 is 2.11 bits per heavy atom. The molecule has 1 rings (SSSR count). The number of carbonyl (C=O) groups is 1. The molecule has 1 aromatic carbocycles. The number of methoxy groups -OCH3 is 1. The van der Waals surface area contributed by atoms with Gasteiger partial charge in [-0.3, -0.25) is 4.79 Å².